The Kier molecular flexibility index (Phi) is 7.54. The number of hydrogen-bond acceptors (Lipinski definition) is 2. The van der Waals surface area contributed by atoms with Gasteiger partial charge in [0.1, 0.15) is 11.2 Å². The van der Waals surface area contributed by atoms with E-state index >= 15 is 0 Å². The van der Waals surface area contributed by atoms with E-state index in [1.54, 1.807) is 0 Å². The summed E-state index contributed by atoms with van der Waals surface area (Å²) >= 11 is 0. The monoisotopic (exact) mass is 752 g/mol. The van der Waals surface area contributed by atoms with Crippen LogP contribution in [0.2, 0.25) is 0 Å². The summed E-state index contributed by atoms with van der Waals surface area (Å²) in [5.41, 5.74) is 13.1. The van der Waals surface area contributed by atoms with Gasteiger partial charge in [0.25, 0.3) is 0 Å². The van der Waals surface area contributed by atoms with E-state index in [1.807, 2.05) is 0 Å². The third-order valence-electron chi connectivity index (χ3n) is 11.9. The van der Waals surface area contributed by atoms with Crippen LogP contribution in [-0.2, 0) is 0 Å². The zero-order valence-electron chi connectivity index (χ0n) is 32.1. The summed E-state index contributed by atoms with van der Waals surface area (Å²) < 4.78 is 9.19. The highest BCUT2D eigenvalue weighted by Gasteiger charge is 2.25. The van der Waals surface area contributed by atoms with Crippen molar-refractivity contribution in [3.05, 3.63) is 218 Å². The van der Waals surface area contributed by atoms with Crippen LogP contribution in [0.4, 0.5) is 17.1 Å². The van der Waals surface area contributed by atoms with Gasteiger partial charge in [-0.05, 0) is 81.4 Å². The first-order valence-electron chi connectivity index (χ1n) is 20.2. The summed E-state index contributed by atoms with van der Waals surface area (Å²) in [5, 5.41) is 9.43. The molecule has 59 heavy (non-hydrogen) atoms. The molecule has 2 heterocycles. The number of rotatable bonds is 6. The molecule has 2 aromatic heterocycles. The molecule has 0 radical (unpaired) electrons. The number of fused-ring (bicyclic) bond motifs is 8. The average molecular weight is 753 g/mol. The molecule has 0 saturated heterocycles. The Labute approximate surface area is 341 Å². The van der Waals surface area contributed by atoms with Crippen molar-refractivity contribution in [2.24, 2.45) is 0 Å². The fourth-order valence-electron chi connectivity index (χ4n) is 9.26. The number of hydrogen-bond donors (Lipinski definition) is 0. The van der Waals surface area contributed by atoms with Crippen molar-refractivity contribution < 1.29 is 4.42 Å². The van der Waals surface area contributed by atoms with Crippen LogP contribution < -0.4 is 4.90 Å². The number of anilines is 3. The lowest BCUT2D eigenvalue weighted by atomic mass is 9.94. The molecule has 0 aliphatic carbocycles. The van der Waals surface area contributed by atoms with Gasteiger partial charge in [-0.2, -0.15) is 0 Å². The second-order valence-corrected chi connectivity index (χ2v) is 15.3. The average Bonchev–Trinajstić information content (AvgIpc) is 3.84. The highest BCUT2D eigenvalue weighted by molar-refractivity contribution is 6.27. The van der Waals surface area contributed by atoms with Crippen LogP contribution in [0.1, 0.15) is 0 Å². The van der Waals surface area contributed by atoms with Gasteiger partial charge in [-0.1, -0.05) is 164 Å². The maximum absolute atomic E-state index is 6.73. The molecule has 12 aromatic rings. The molecule has 10 aromatic carbocycles. The first-order chi connectivity index (χ1) is 29.3. The lowest BCUT2D eigenvalue weighted by Crippen LogP contribution is -2.10. The molecule has 0 amide bonds. The van der Waals surface area contributed by atoms with Crippen LogP contribution in [0.25, 0.3) is 93.2 Å². The Bertz CT molecular complexity index is 3540. The van der Waals surface area contributed by atoms with Gasteiger partial charge >= 0.3 is 0 Å². The molecular formula is C56H36N2O. The van der Waals surface area contributed by atoms with E-state index in [1.165, 1.54) is 49.0 Å². The topological polar surface area (TPSA) is 21.3 Å². The molecule has 0 aliphatic heterocycles. The summed E-state index contributed by atoms with van der Waals surface area (Å²) in [5.74, 6) is 0. The number of aromatic nitrogens is 1. The molecule has 12 rings (SSSR count). The summed E-state index contributed by atoms with van der Waals surface area (Å²) in [6, 6.07) is 78.7. The number of furan rings is 1. The van der Waals surface area contributed by atoms with E-state index in [0.717, 1.165) is 61.3 Å². The highest BCUT2D eigenvalue weighted by atomic mass is 16.3. The van der Waals surface area contributed by atoms with Crippen LogP contribution in [0.5, 0.6) is 0 Å². The molecule has 0 saturated carbocycles. The SMILES string of the molecule is c1ccc(-c2ccc(N(c3ccc4ccccc4c3)c3ccc4c5c(-c6ccccc6)c6c(cc5n(-c5cccc7ccccc57)c4c3)oc3ccccc36)cc2)cc1. The predicted molar refractivity (Wildman–Crippen MR) is 249 cm³/mol. The van der Waals surface area contributed by atoms with E-state index < -0.39 is 0 Å². The van der Waals surface area contributed by atoms with Crippen molar-refractivity contribution in [1.29, 1.82) is 0 Å². The third-order valence-corrected chi connectivity index (χ3v) is 11.9. The van der Waals surface area contributed by atoms with Crippen molar-refractivity contribution in [3.63, 3.8) is 0 Å². The van der Waals surface area contributed by atoms with E-state index in [4.69, 9.17) is 4.42 Å². The van der Waals surface area contributed by atoms with Gasteiger partial charge in [0.05, 0.1) is 16.7 Å². The van der Waals surface area contributed by atoms with Crippen LogP contribution in [0, 0.1) is 0 Å². The standard InChI is InChI=1S/C56H36N2O/c1-3-14-37(15-4-1)39-26-29-43(30-27-39)57(44-31-28-38-16-7-8-20-42(38)34-44)45-32-33-47-50(35-45)58(49-24-13-21-40-17-9-10-22-46(40)49)51-36-53-56(48-23-11-12-25-52(48)59-53)54(55(47)51)41-18-5-2-6-19-41/h1-36H. The van der Waals surface area contributed by atoms with Gasteiger partial charge in [-0.25, -0.2) is 0 Å². The minimum absolute atomic E-state index is 0.873. The summed E-state index contributed by atoms with van der Waals surface area (Å²) in [6.45, 7) is 0. The first-order valence-corrected chi connectivity index (χ1v) is 20.2. The van der Waals surface area contributed by atoms with Crippen LogP contribution in [0.15, 0.2) is 223 Å². The van der Waals surface area contributed by atoms with Crippen LogP contribution in [-0.4, -0.2) is 4.57 Å². The summed E-state index contributed by atoms with van der Waals surface area (Å²) in [7, 11) is 0. The zero-order chi connectivity index (χ0) is 38.9. The van der Waals surface area contributed by atoms with Crippen LogP contribution >= 0.6 is 0 Å². The Balaban J connectivity index is 1.19. The summed E-state index contributed by atoms with van der Waals surface area (Å²) in [4.78, 5) is 2.39. The zero-order valence-corrected chi connectivity index (χ0v) is 32.1. The van der Waals surface area contributed by atoms with Crippen molar-refractivity contribution in [3.8, 4) is 27.9 Å². The molecule has 3 heteroatoms. The van der Waals surface area contributed by atoms with Gasteiger partial charge in [0.15, 0.2) is 0 Å². The van der Waals surface area contributed by atoms with Crippen molar-refractivity contribution in [2.45, 2.75) is 0 Å². The molecule has 0 N–H and O–H groups in total. The van der Waals surface area contributed by atoms with Crippen molar-refractivity contribution >= 4 is 82.4 Å². The maximum atomic E-state index is 6.73. The smallest absolute Gasteiger partial charge is 0.138 e. The minimum Gasteiger partial charge on any atom is -0.456 e. The fraction of sp³-hybridized carbons (Fsp3) is 0. The second-order valence-electron chi connectivity index (χ2n) is 15.3. The second kappa shape index (κ2) is 13.4. The molecular weight excluding hydrogens is 717 g/mol. The van der Waals surface area contributed by atoms with Gasteiger partial charge in [-0.15, -0.1) is 0 Å². The van der Waals surface area contributed by atoms with Gasteiger partial charge < -0.3 is 13.9 Å². The minimum atomic E-state index is 0.873. The van der Waals surface area contributed by atoms with E-state index in [0.29, 0.717) is 0 Å². The maximum Gasteiger partial charge on any atom is 0.138 e. The van der Waals surface area contributed by atoms with Gasteiger partial charge in [0.2, 0.25) is 0 Å². The normalized spacial score (nSPS) is 11.7. The van der Waals surface area contributed by atoms with Crippen molar-refractivity contribution in [2.75, 3.05) is 4.90 Å². The molecule has 276 valence electrons. The summed E-state index contributed by atoms with van der Waals surface area (Å²) in [6.07, 6.45) is 0. The Hall–Kier alpha value is -7.88. The number of para-hydroxylation sites is 1. The molecule has 0 unspecified atom stereocenters. The molecule has 0 fully saturated rings. The van der Waals surface area contributed by atoms with Gasteiger partial charge in [0, 0.05) is 55.6 Å². The van der Waals surface area contributed by atoms with E-state index in [-0.39, 0.29) is 0 Å². The Morgan fingerprint density at radius 1 is 0.339 bits per heavy atom. The quantitative estimate of drug-likeness (QED) is 0.169. The predicted octanol–water partition coefficient (Wildman–Crippen LogP) is 15.8. The fourth-order valence-corrected chi connectivity index (χ4v) is 9.26. The lowest BCUT2D eigenvalue weighted by molar-refractivity contribution is 0.669. The highest BCUT2D eigenvalue weighted by Crippen LogP contribution is 2.48. The van der Waals surface area contributed by atoms with E-state index in [9.17, 15) is 0 Å². The first kappa shape index (κ1) is 33.3. The van der Waals surface area contributed by atoms with Crippen LogP contribution in [0.3, 0.4) is 0 Å². The lowest BCUT2D eigenvalue weighted by Gasteiger charge is -2.26. The van der Waals surface area contributed by atoms with Crippen molar-refractivity contribution in [1.82, 2.24) is 4.57 Å². The number of nitrogens with zero attached hydrogens (tertiary/aromatic N) is 2. The molecule has 0 spiro atoms. The molecule has 0 aliphatic rings. The third kappa shape index (κ3) is 5.36. The molecule has 3 nitrogen and oxygen atoms in total. The Morgan fingerprint density at radius 2 is 0.949 bits per heavy atom. The molecule has 0 bridgehead atoms. The molecule has 0 atom stereocenters. The largest absolute Gasteiger partial charge is 0.456 e. The number of benzene rings is 10. The Morgan fingerprint density at radius 3 is 1.76 bits per heavy atom. The van der Waals surface area contributed by atoms with Gasteiger partial charge in [-0.3, -0.25) is 0 Å². The van der Waals surface area contributed by atoms with E-state index in [2.05, 4.69) is 228 Å².